The highest BCUT2D eigenvalue weighted by Gasteiger charge is 2.11. The molecule has 2 heterocycles. The fourth-order valence-electron chi connectivity index (χ4n) is 2.08. The van der Waals surface area contributed by atoms with Crippen LogP contribution in [0.3, 0.4) is 0 Å². The van der Waals surface area contributed by atoms with E-state index in [0.717, 1.165) is 5.56 Å². The summed E-state index contributed by atoms with van der Waals surface area (Å²) in [6.45, 7) is 0.627. The molecule has 24 heavy (non-hydrogen) atoms. The van der Waals surface area contributed by atoms with Gasteiger partial charge in [-0.3, -0.25) is 14.8 Å². The fourth-order valence-corrected chi connectivity index (χ4v) is 2.60. The molecule has 0 unspecified atom stereocenters. The minimum atomic E-state index is -0.483. The molecule has 2 aromatic heterocycles. The van der Waals surface area contributed by atoms with Gasteiger partial charge in [0.2, 0.25) is 0 Å². The van der Waals surface area contributed by atoms with E-state index in [2.05, 4.69) is 15.4 Å². The zero-order valence-electron chi connectivity index (χ0n) is 12.6. The maximum Gasteiger partial charge on any atom is 0.268 e. The van der Waals surface area contributed by atoms with Gasteiger partial charge in [-0.05, 0) is 11.6 Å². The molecule has 1 N–H and O–H groups in total. The van der Waals surface area contributed by atoms with Crippen molar-refractivity contribution in [2.75, 3.05) is 5.32 Å². The largest absolute Gasteiger partial charge is 0.297 e. The van der Waals surface area contributed by atoms with Crippen molar-refractivity contribution in [2.24, 2.45) is 0 Å². The number of benzene rings is 1. The SMILES string of the molecule is N#C/C(=C\c1cnn(Cc2ccccc2)c1)C(=O)Nc1nccs1. The standard InChI is InChI=1S/C17H13N5OS/c18-9-15(16(23)21-17-19-6-7-24-17)8-14-10-20-22(12-14)11-13-4-2-1-3-5-13/h1-8,10,12H,11H2,(H,19,21,23)/b15-8+. The zero-order valence-corrected chi connectivity index (χ0v) is 13.4. The molecule has 6 nitrogen and oxygen atoms in total. The van der Waals surface area contributed by atoms with Crippen LogP contribution in [0.1, 0.15) is 11.1 Å². The first kappa shape index (κ1) is 15.6. The topological polar surface area (TPSA) is 83.6 Å². The van der Waals surface area contributed by atoms with Crippen molar-refractivity contribution in [1.82, 2.24) is 14.8 Å². The van der Waals surface area contributed by atoms with Gasteiger partial charge < -0.3 is 0 Å². The second kappa shape index (κ2) is 7.35. The Morgan fingerprint density at radius 1 is 1.38 bits per heavy atom. The van der Waals surface area contributed by atoms with Gasteiger partial charge in [0.25, 0.3) is 5.91 Å². The van der Waals surface area contributed by atoms with Crippen molar-refractivity contribution < 1.29 is 4.79 Å². The van der Waals surface area contributed by atoms with Gasteiger partial charge in [-0.2, -0.15) is 10.4 Å². The minimum Gasteiger partial charge on any atom is -0.297 e. The quantitative estimate of drug-likeness (QED) is 0.574. The molecule has 1 aromatic carbocycles. The van der Waals surface area contributed by atoms with Crippen molar-refractivity contribution in [2.45, 2.75) is 6.54 Å². The highest BCUT2D eigenvalue weighted by atomic mass is 32.1. The highest BCUT2D eigenvalue weighted by molar-refractivity contribution is 7.13. The van der Waals surface area contributed by atoms with Gasteiger partial charge in [0.05, 0.1) is 12.7 Å². The number of carbonyl (C=O) groups is 1. The molecule has 0 aliphatic carbocycles. The Morgan fingerprint density at radius 2 is 2.21 bits per heavy atom. The first-order valence-corrected chi connectivity index (χ1v) is 8.01. The molecule has 0 saturated carbocycles. The summed E-state index contributed by atoms with van der Waals surface area (Å²) in [5, 5.41) is 18.3. The Bertz CT molecular complexity index is 891. The van der Waals surface area contributed by atoms with E-state index in [-0.39, 0.29) is 5.57 Å². The third-order valence-electron chi connectivity index (χ3n) is 3.17. The second-order valence-corrected chi connectivity index (χ2v) is 5.81. The van der Waals surface area contributed by atoms with Gasteiger partial charge in [0.15, 0.2) is 5.13 Å². The Morgan fingerprint density at radius 3 is 2.92 bits per heavy atom. The number of hydrogen-bond acceptors (Lipinski definition) is 5. The minimum absolute atomic E-state index is 0.00413. The number of nitrogens with one attached hydrogen (secondary N) is 1. The number of nitrogens with zero attached hydrogens (tertiary/aromatic N) is 4. The van der Waals surface area contributed by atoms with Crippen LogP contribution in [0.4, 0.5) is 5.13 Å². The van der Waals surface area contributed by atoms with Gasteiger partial charge in [-0.15, -0.1) is 11.3 Å². The van der Waals surface area contributed by atoms with Crippen LogP contribution in [0, 0.1) is 11.3 Å². The molecule has 0 aliphatic rings. The Balaban J connectivity index is 1.72. The fraction of sp³-hybridized carbons (Fsp3) is 0.0588. The van der Waals surface area contributed by atoms with Gasteiger partial charge in [-0.1, -0.05) is 30.3 Å². The summed E-state index contributed by atoms with van der Waals surface area (Å²) >= 11 is 1.29. The molecule has 0 spiro atoms. The van der Waals surface area contributed by atoms with Crippen LogP contribution in [0.2, 0.25) is 0 Å². The monoisotopic (exact) mass is 335 g/mol. The summed E-state index contributed by atoms with van der Waals surface area (Å²) in [6.07, 6.45) is 6.51. The number of thiazole rings is 1. The predicted octanol–water partition coefficient (Wildman–Crippen LogP) is 2.93. The van der Waals surface area contributed by atoms with Crippen molar-refractivity contribution in [1.29, 1.82) is 5.26 Å². The van der Waals surface area contributed by atoms with Crippen LogP contribution in [-0.4, -0.2) is 20.7 Å². The molecule has 3 aromatic rings. The Kier molecular flexibility index (Phi) is 4.79. The van der Waals surface area contributed by atoms with E-state index in [1.165, 1.54) is 17.4 Å². The molecule has 3 rings (SSSR count). The summed E-state index contributed by atoms with van der Waals surface area (Å²) in [5.41, 5.74) is 1.82. The lowest BCUT2D eigenvalue weighted by molar-refractivity contribution is -0.112. The van der Waals surface area contributed by atoms with E-state index in [1.807, 2.05) is 36.4 Å². The van der Waals surface area contributed by atoms with E-state index >= 15 is 0 Å². The number of anilines is 1. The number of carbonyl (C=O) groups excluding carboxylic acids is 1. The summed E-state index contributed by atoms with van der Waals surface area (Å²) in [7, 11) is 0. The van der Waals surface area contributed by atoms with E-state index in [4.69, 9.17) is 0 Å². The molecule has 0 aliphatic heterocycles. The summed E-state index contributed by atoms with van der Waals surface area (Å²) in [6, 6.07) is 11.8. The van der Waals surface area contributed by atoms with E-state index in [9.17, 15) is 10.1 Å². The average Bonchev–Trinajstić information content (AvgIpc) is 3.25. The number of rotatable bonds is 5. The lowest BCUT2D eigenvalue weighted by atomic mass is 10.2. The van der Waals surface area contributed by atoms with Crippen molar-refractivity contribution >= 4 is 28.5 Å². The molecule has 1 amide bonds. The molecular formula is C17H13N5OS. The van der Waals surface area contributed by atoms with Crippen LogP contribution in [0.15, 0.2) is 59.9 Å². The molecule has 0 atom stereocenters. The van der Waals surface area contributed by atoms with Crippen LogP contribution >= 0.6 is 11.3 Å². The highest BCUT2D eigenvalue weighted by Crippen LogP contribution is 2.13. The first-order valence-electron chi connectivity index (χ1n) is 7.13. The number of aromatic nitrogens is 3. The molecule has 118 valence electrons. The molecule has 0 saturated heterocycles. The molecule has 0 fully saturated rings. The molecular weight excluding hydrogens is 322 g/mol. The smallest absolute Gasteiger partial charge is 0.268 e. The van der Waals surface area contributed by atoms with Crippen LogP contribution in [0.5, 0.6) is 0 Å². The Hall–Kier alpha value is -3.24. The third kappa shape index (κ3) is 3.94. The molecule has 0 bridgehead atoms. The van der Waals surface area contributed by atoms with E-state index in [0.29, 0.717) is 17.2 Å². The predicted molar refractivity (Wildman–Crippen MR) is 92.1 cm³/mol. The average molecular weight is 335 g/mol. The first-order chi connectivity index (χ1) is 11.7. The van der Waals surface area contributed by atoms with Gasteiger partial charge >= 0.3 is 0 Å². The number of nitriles is 1. The zero-order chi connectivity index (χ0) is 16.8. The van der Waals surface area contributed by atoms with Crippen molar-refractivity contribution in [3.8, 4) is 6.07 Å². The number of amides is 1. The maximum atomic E-state index is 12.1. The molecule has 7 heteroatoms. The van der Waals surface area contributed by atoms with Crippen LogP contribution in [-0.2, 0) is 11.3 Å². The van der Waals surface area contributed by atoms with E-state index < -0.39 is 5.91 Å². The maximum absolute atomic E-state index is 12.1. The second-order valence-electron chi connectivity index (χ2n) is 4.92. The van der Waals surface area contributed by atoms with Crippen LogP contribution < -0.4 is 5.32 Å². The van der Waals surface area contributed by atoms with Crippen LogP contribution in [0.25, 0.3) is 6.08 Å². The van der Waals surface area contributed by atoms with E-state index in [1.54, 1.807) is 28.7 Å². The lowest BCUT2D eigenvalue weighted by Gasteiger charge is -2.00. The van der Waals surface area contributed by atoms with Crippen molar-refractivity contribution in [3.63, 3.8) is 0 Å². The van der Waals surface area contributed by atoms with Crippen molar-refractivity contribution in [3.05, 3.63) is 71.0 Å². The third-order valence-corrected chi connectivity index (χ3v) is 3.86. The summed E-state index contributed by atoms with van der Waals surface area (Å²) in [4.78, 5) is 16.0. The normalized spacial score (nSPS) is 11.0. The lowest BCUT2D eigenvalue weighted by Crippen LogP contribution is -2.13. The Labute approximate surface area is 142 Å². The summed E-state index contributed by atoms with van der Waals surface area (Å²) in [5.74, 6) is -0.483. The molecule has 0 radical (unpaired) electrons. The number of hydrogen-bond donors (Lipinski definition) is 1. The van der Waals surface area contributed by atoms with Gasteiger partial charge in [0.1, 0.15) is 11.6 Å². The van der Waals surface area contributed by atoms with Gasteiger partial charge in [-0.25, -0.2) is 4.98 Å². The van der Waals surface area contributed by atoms with Gasteiger partial charge in [0, 0.05) is 23.3 Å². The summed E-state index contributed by atoms with van der Waals surface area (Å²) < 4.78 is 1.76.